The maximum Gasteiger partial charge on any atom is 0.365 e. The summed E-state index contributed by atoms with van der Waals surface area (Å²) in [7, 11) is 1.57. The molecular formula is C19H20BrNO3. The lowest BCUT2D eigenvalue weighted by molar-refractivity contribution is 0.0519. The van der Waals surface area contributed by atoms with Crippen molar-refractivity contribution in [1.29, 1.82) is 0 Å². The Hall–Kier alpha value is -2.14. The molecule has 5 heteroatoms. The zero-order valence-electron chi connectivity index (χ0n) is 14.2. The summed E-state index contributed by atoms with van der Waals surface area (Å²) in [5.41, 5.74) is 2.36. The van der Waals surface area contributed by atoms with Gasteiger partial charge in [0.1, 0.15) is 5.75 Å². The summed E-state index contributed by atoms with van der Waals surface area (Å²) in [6.07, 6.45) is 1.45. The molecule has 0 amide bonds. The Balaban J connectivity index is 2.07. The number of nitrogens with zero attached hydrogens (tertiary/aromatic N) is 1. The van der Waals surface area contributed by atoms with Gasteiger partial charge in [0.25, 0.3) is 0 Å². The lowest BCUT2D eigenvalue weighted by Gasteiger charge is -2.18. The van der Waals surface area contributed by atoms with E-state index in [2.05, 4.69) is 41.9 Å². The average Bonchev–Trinajstić information content (AvgIpc) is 2.54. The molecule has 0 radical (unpaired) electrons. The van der Waals surface area contributed by atoms with Crippen molar-refractivity contribution in [3.05, 3.63) is 63.6 Å². The van der Waals surface area contributed by atoms with Crippen LogP contribution in [0.5, 0.6) is 5.75 Å². The number of hydrogen-bond acceptors (Lipinski definition) is 4. The van der Waals surface area contributed by atoms with Crippen LogP contribution in [0, 0.1) is 0 Å². The summed E-state index contributed by atoms with van der Waals surface area (Å²) in [6.45, 7) is 6.36. The summed E-state index contributed by atoms with van der Waals surface area (Å²) in [5.74, 6) is 0.146. The highest BCUT2D eigenvalue weighted by Gasteiger charge is 2.14. The number of ether oxygens (including phenoxy) is 1. The lowest BCUT2D eigenvalue weighted by Crippen LogP contribution is -2.11. The number of carbonyl (C=O) groups is 1. The molecule has 0 spiro atoms. The molecular weight excluding hydrogens is 370 g/mol. The Morgan fingerprint density at radius 2 is 1.79 bits per heavy atom. The van der Waals surface area contributed by atoms with Gasteiger partial charge in [0.15, 0.2) is 0 Å². The first-order valence-electron chi connectivity index (χ1n) is 7.50. The van der Waals surface area contributed by atoms with Crippen molar-refractivity contribution in [2.75, 3.05) is 7.11 Å². The molecule has 0 unspecified atom stereocenters. The molecule has 0 fully saturated rings. The van der Waals surface area contributed by atoms with Gasteiger partial charge in [-0.05, 0) is 41.3 Å². The van der Waals surface area contributed by atoms with Crippen molar-refractivity contribution in [3.63, 3.8) is 0 Å². The van der Waals surface area contributed by atoms with E-state index < -0.39 is 5.97 Å². The SMILES string of the molecule is COc1ccc(Br)cc1/C=N/OC(=O)c1ccc(C(C)(C)C)cc1. The molecule has 2 aromatic rings. The average molecular weight is 390 g/mol. The molecule has 0 atom stereocenters. The molecule has 0 saturated carbocycles. The predicted octanol–water partition coefficient (Wildman–Crippen LogP) is 4.95. The molecule has 0 aromatic heterocycles. The smallest absolute Gasteiger partial charge is 0.365 e. The van der Waals surface area contributed by atoms with Crippen LogP contribution in [-0.2, 0) is 10.3 Å². The first kappa shape index (κ1) is 18.2. The fraction of sp³-hybridized carbons (Fsp3) is 0.263. The third kappa shape index (κ3) is 4.68. The van der Waals surface area contributed by atoms with Gasteiger partial charge in [-0.25, -0.2) is 4.79 Å². The lowest BCUT2D eigenvalue weighted by atomic mass is 9.87. The maximum absolute atomic E-state index is 12.0. The van der Waals surface area contributed by atoms with Crippen molar-refractivity contribution in [2.45, 2.75) is 26.2 Å². The van der Waals surface area contributed by atoms with E-state index >= 15 is 0 Å². The second kappa shape index (κ2) is 7.62. The molecule has 0 heterocycles. The standard InChI is InChI=1S/C19H20BrNO3/c1-19(2,3)15-7-5-13(6-8-15)18(22)24-21-12-14-11-16(20)9-10-17(14)23-4/h5-12H,1-4H3/b21-12+. The van der Waals surface area contributed by atoms with Crippen molar-refractivity contribution < 1.29 is 14.4 Å². The first-order valence-corrected chi connectivity index (χ1v) is 8.29. The summed E-state index contributed by atoms with van der Waals surface area (Å²) >= 11 is 3.38. The highest BCUT2D eigenvalue weighted by atomic mass is 79.9. The molecule has 0 bridgehead atoms. The molecule has 0 aliphatic carbocycles. The van der Waals surface area contributed by atoms with E-state index in [1.54, 1.807) is 25.3 Å². The number of oxime groups is 1. The Kier molecular flexibility index (Phi) is 5.78. The Bertz CT molecular complexity index is 746. The molecule has 126 valence electrons. The molecule has 2 rings (SSSR count). The van der Waals surface area contributed by atoms with Gasteiger partial charge >= 0.3 is 5.97 Å². The van der Waals surface area contributed by atoms with E-state index in [4.69, 9.17) is 9.57 Å². The fourth-order valence-electron chi connectivity index (χ4n) is 2.10. The molecule has 0 aliphatic rings. The van der Waals surface area contributed by atoms with Crippen molar-refractivity contribution in [2.24, 2.45) is 5.16 Å². The second-order valence-corrected chi connectivity index (χ2v) is 7.24. The van der Waals surface area contributed by atoms with E-state index in [9.17, 15) is 4.79 Å². The van der Waals surface area contributed by atoms with Crippen LogP contribution in [0.25, 0.3) is 0 Å². The first-order chi connectivity index (χ1) is 11.3. The number of benzene rings is 2. The fourth-order valence-corrected chi connectivity index (χ4v) is 2.47. The minimum atomic E-state index is -0.499. The van der Waals surface area contributed by atoms with Gasteiger partial charge in [-0.15, -0.1) is 0 Å². The molecule has 0 N–H and O–H groups in total. The van der Waals surface area contributed by atoms with Crippen LogP contribution >= 0.6 is 15.9 Å². The Labute approximate surface area is 150 Å². The minimum Gasteiger partial charge on any atom is -0.496 e. The second-order valence-electron chi connectivity index (χ2n) is 6.33. The minimum absolute atomic E-state index is 0.0395. The van der Waals surface area contributed by atoms with E-state index in [0.717, 1.165) is 10.0 Å². The van der Waals surface area contributed by atoms with Gasteiger partial charge in [0.05, 0.1) is 18.9 Å². The Morgan fingerprint density at radius 1 is 1.12 bits per heavy atom. The van der Waals surface area contributed by atoms with Gasteiger partial charge in [-0.3, -0.25) is 0 Å². The van der Waals surface area contributed by atoms with E-state index in [0.29, 0.717) is 16.9 Å². The third-order valence-electron chi connectivity index (χ3n) is 3.51. The largest absolute Gasteiger partial charge is 0.496 e. The van der Waals surface area contributed by atoms with Crippen LogP contribution < -0.4 is 4.74 Å². The zero-order chi connectivity index (χ0) is 17.7. The molecule has 0 aliphatic heterocycles. The highest BCUT2D eigenvalue weighted by Crippen LogP contribution is 2.23. The van der Waals surface area contributed by atoms with Crippen LogP contribution in [0.2, 0.25) is 0 Å². The van der Waals surface area contributed by atoms with Crippen LogP contribution in [0.15, 0.2) is 52.1 Å². The van der Waals surface area contributed by atoms with Crippen LogP contribution in [-0.4, -0.2) is 19.3 Å². The van der Waals surface area contributed by atoms with Gasteiger partial charge in [-0.1, -0.05) is 54.0 Å². The van der Waals surface area contributed by atoms with Crippen LogP contribution in [0.3, 0.4) is 0 Å². The number of hydrogen-bond donors (Lipinski definition) is 0. The summed E-state index contributed by atoms with van der Waals surface area (Å²) in [5, 5.41) is 3.76. The quantitative estimate of drug-likeness (QED) is 0.422. The summed E-state index contributed by atoms with van der Waals surface area (Å²) < 4.78 is 6.12. The topological polar surface area (TPSA) is 47.9 Å². The summed E-state index contributed by atoms with van der Waals surface area (Å²) in [4.78, 5) is 17.0. The molecule has 2 aromatic carbocycles. The normalized spacial score (nSPS) is 11.5. The molecule has 4 nitrogen and oxygen atoms in total. The van der Waals surface area contributed by atoms with Gasteiger partial charge in [-0.2, -0.15) is 0 Å². The molecule has 24 heavy (non-hydrogen) atoms. The maximum atomic E-state index is 12.0. The summed E-state index contributed by atoms with van der Waals surface area (Å²) in [6, 6.07) is 12.8. The number of halogens is 1. The van der Waals surface area contributed by atoms with Gasteiger partial charge < -0.3 is 9.57 Å². The molecule has 0 saturated heterocycles. The van der Waals surface area contributed by atoms with Gasteiger partial charge in [0.2, 0.25) is 0 Å². The van der Waals surface area contributed by atoms with Crippen LogP contribution in [0.1, 0.15) is 42.3 Å². The van der Waals surface area contributed by atoms with E-state index in [1.165, 1.54) is 6.21 Å². The highest BCUT2D eigenvalue weighted by molar-refractivity contribution is 9.10. The number of methoxy groups -OCH3 is 1. The monoisotopic (exact) mass is 389 g/mol. The van der Waals surface area contributed by atoms with Gasteiger partial charge in [0, 0.05) is 10.0 Å². The van der Waals surface area contributed by atoms with Crippen molar-refractivity contribution in [1.82, 2.24) is 0 Å². The Morgan fingerprint density at radius 3 is 2.38 bits per heavy atom. The van der Waals surface area contributed by atoms with Crippen LogP contribution in [0.4, 0.5) is 0 Å². The number of carbonyl (C=O) groups excluding carboxylic acids is 1. The predicted molar refractivity (Wildman–Crippen MR) is 98.8 cm³/mol. The third-order valence-corrected chi connectivity index (χ3v) is 4.00. The van der Waals surface area contributed by atoms with Crippen molar-refractivity contribution in [3.8, 4) is 5.75 Å². The number of rotatable bonds is 4. The zero-order valence-corrected chi connectivity index (χ0v) is 15.8. The van der Waals surface area contributed by atoms with E-state index in [1.807, 2.05) is 24.3 Å². The van der Waals surface area contributed by atoms with Crippen molar-refractivity contribution >= 4 is 28.1 Å². The van der Waals surface area contributed by atoms with E-state index in [-0.39, 0.29) is 5.41 Å².